The summed E-state index contributed by atoms with van der Waals surface area (Å²) in [5.74, 6) is 0.409. The number of halogens is 1. The monoisotopic (exact) mass is 310 g/mol. The molecule has 0 aromatic carbocycles. The lowest BCUT2D eigenvalue weighted by Crippen LogP contribution is -2.26. The van der Waals surface area contributed by atoms with Crippen molar-refractivity contribution in [2.45, 2.75) is 6.54 Å². The molecule has 0 aliphatic carbocycles. The number of pyridine rings is 1. The van der Waals surface area contributed by atoms with Gasteiger partial charge in [0, 0.05) is 13.2 Å². The van der Waals surface area contributed by atoms with Crippen molar-refractivity contribution in [1.29, 1.82) is 0 Å². The van der Waals surface area contributed by atoms with E-state index in [2.05, 4.69) is 20.9 Å². The Kier molecular flexibility index (Phi) is 3.66. The summed E-state index contributed by atoms with van der Waals surface area (Å²) >= 11 is 3.20. The third-order valence-corrected chi connectivity index (χ3v) is 2.77. The third kappa shape index (κ3) is 2.89. The molecule has 2 aromatic heterocycles. The van der Waals surface area contributed by atoms with Crippen LogP contribution in [0.15, 0.2) is 39.7 Å². The highest BCUT2D eigenvalue weighted by Gasteiger charge is 2.14. The molecule has 2 rings (SSSR count). The predicted molar refractivity (Wildman–Crippen MR) is 68.1 cm³/mol. The third-order valence-electron chi connectivity index (χ3n) is 2.34. The number of amides is 1. The van der Waals surface area contributed by atoms with Gasteiger partial charge in [0.05, 0.1) is 18.3 Å². The van der Waals surface area contributed by atoms with Crippen molar-refractivity contribution in [2.24, 2.45) is 0 Å². The highest BCUT2D eigenvalue weighted by Crippen LogP contribution is 2.17. The zero-order valence-corrected chi connectivity index (χ0v) is 11.2. The van der Waals surface area contributed by atoms with Crippen molar-refractivity contribution in [3.8, 4) is 5.75 Å². The Balaban J connectivity index is 2.09. The highest BCUT2D eigenvalue weighted by molar-refractivity contribution is 9.10. The Bertz CT molecular complexity index is 568. The van der Waals surface area contributed by atoms with E-state index in [4.69, 9.17) is 4.42 Å². The molecule has 2 aromatic rings. The summed E-state index contributed by atoms with van der Waals surface area (Å²) in [6.45, 7) is 0.347. The molecule has 1 amide bonds. The molecule has 0 unspecified atom stereocenters. The van der Waals surface area contributed by atoms with Gasteiger partial charge >= 0.3 is 0 Å². The number of hydrogen-bond acceptors (Lipinski definition) is 4. The van der Waals surface area contributed by atoms with Crippen LogP contribution in [0.4, 0.5) is 0 Å². The van der Waals surface area contributed by atoms with E-state index in [1.807, 2.05) is 0 Å². The Morgan fingerprint density at radius 2 is 2.28 bits per heavy atom. The molecule has 5 nitrogen and oxygen atoms in total. The van der Waals surface area contributed by atoms with Gasteiger partial charge < -0.3 is 14.4 Å². The van der Waals surface area contributed by atoms with Gasteiger partial charge in [0.25, 0.3) is 5.91 Å². The molecule has 2 heterocycles. The molecule has 0 radical (unpaired) electrons. The first kappa shape index (κ1) is 12.6. The molecule has 0 saturated carbocycles. The lowest BCUT2D eigenvalue weighted by molar-refractivity contribution is 0.0774. The normalized spacial score (nSPS) is 10.3. The fourth-order valence-corrected chi connectivity index (χ4v) is 1.85. The van der Waals surface area contributed by atoms with Gasteiger partial charge in [-0.2, -0.15) is 0 Å². The van der Waals surface area contributed by atoms with E-state index in [-0.39, 0.29) is 11.7 Å². The second kappa shape index (κ2) is 5.22. The van der Waals surface area contributed by atoms with Gasteiger partial charge in [-0.25, -0.2) is 0 Å². The molecule has 6 heteroatoms. The molecular formula is C12H11BrN2O3. The van der Waals surface area contributed by atoms with Gasteiger partial charge in [-0.3, -0.25) is 9.78 Å². The molecule has 0 atom stereocenters. The first-order chi connectivity index (χ1) is 8.56. The van der Waals surface area contributed by atoms with E-state index >= 15 is 0 Å². The Hall–Kier alpha value is -1.82. The Morgan fingerprint density at radius 3 is 2.89 bits per heavy atom. The van der Waals surface area contributed by atoms with Crippen LogP contribution in [0, 0.1) is 0 Å². The first-order valence-corrected chi connectivity index (χ1v) is 5.99. The molecule has 18 heavy (non-hydrogen) atoms. The largest absolute Gasteiger partial charge is 0.506 e. The second-order valence-electron chi connectivity index (χ2n) is 3.80. The van der Waals surface area contributed by atoms with Gasteiger partial charge in [-0.15, -0.1) is 0 Å². The van der Waals surface area contributed by atoms with Gasteiger partial charge in [0.15, 0.2) is 4.67 Å². The fourth-order valence-electron chi connectivity index (χ4n) is 1.51. The lowest BCUT2D eigenvalue weighted by Gasteiger charge is -2.15. The number of nitrogens with zero attached hydrogens (tertiary/aromatic N) is 2. The summed E-state index contributed by atoms with van der Waals surface area (Å²) in [6, 6.07) is 4.93. The summed E-state index contributed by atoms with van der Waals surface area (Å²) in [5, 5.41) is 9.28. The fraction of sp³-hybridized carbons (Fsp3) is 0.167. The topological polar surface area (TPSA) is 66.6 Å². The van der Waals surface area contributed by atoms with Crippen molar-refractivity contribution >= 4 is 21.8 Å². The summed E-state index contributed by atoms with van der Waals surface area (Å²) in [6.07, 6.45) is 2.69. The molecule has 0 fully saturated rings. The standard InChI is InChI=1S/C12H11BrN2O3/c1-15(7-10-2-3-11(13)18-10)12(17)8-4-9(16)6-14-5-8/h2-6,16H,7H2,1H3. The zero-order chi connectivity index (χ0) is 13.1. The second-order valence-corrected chi connectivity index (χ2v) is 4.58. The zero-order valence-electron chi connectivity index (χ0n) is 9.63. The number of hydrogen-bond donors (Lipinski definition) is 1. The number of rotatable bonds is 3. The van der Waals surface area contributed by atoms with Crippen LogP contribution in [0.2, 0.25) is 0 Å². The molecular weight excluding hydrogens is 300 g/mol. The van der Waals surface area contributed by atoms with E-state index < -0.39 is 0 Å². The van der Waals surface area contributed by atoms with Crippen LogP contribution in [0.1, 0.15) is 16.1 Å². The number of carbonyl (C=O) groups is 1. The van der Waals surface area contributed by atoms with Crippen molar-refractivity contribution in [3.63, 3.8) is 0 Å². The average molecular weight is 311 g/mol. The summed E-state index contributed by atoms with van der Waals surface area (Å²) < 4.78 is 5.94. The van der Waals surface area contributed by atoms with Crippen LogP contribution >= 0.6 is 15.9 Å². The highest BCUT2D eigenvalue weighted by atomic mass is 79.9. The van der Waals surface area contributed by atoms with E-state index in [9.17, 15) is 9.90 Å². The van der Waals surface area contributed by atoms with Crippen LogP contribution in [-0.2, 0) is 6.54 Å². The Labute approximate surface area is 112 Å². The van der Waals surface area contributed by atoms with Crippen LogP contribution in [0.5, 0.6) is 5.75 Å². The maximum atomic E-state index is 12.0. The molecule has 0 bridgehead atoms. The van der Waals surface area contributed by atoms with Crippen molar-refractivity contribution in [1.82, 2.24) is 9.88 Å². The minimum absolute atomic E-state index is 0.0324. The van der Waals surface area contributed by atoms with Crippen LogP contribution in [0.25, 0.3) is 0 Å². The van der Waals surface area contributed by atoms with E-state index in [1.165, 1.54) is 23.4 Å². The minimum Gasteiger partial charge on any atom is -0.506 e. The van der Waals surface area contributed by atoms with E-state index in [0.29, 0.717) is 22.5 Å². The van der Waals surface area contributed by atoms with Crippen LogP contribution < -0.4 is 0 Å². The van der Waals surface area contributed by atoms with Crippen molar-refractivity contribution in [3.05, 3.63) is 46.6 Å². The van der Waals surface area contributed by atoms with E-state index in [1.54, 1.807) is 19.2 Å². The molecule has 0 spiro atoms. The van der Waals surface area contributed by atoms with Crippen molar-refractivity contribution < 1.29 is 14.3 Å². The molecule has 0 aliphatic rings. The molecule has 1 N–H and O–H groups in total. The SMILES string of the molecule is CN(Cc1ccc(Br)o1)C(=O)c1cncc(O)c1. The first-order valence-electron chi connectivity index (χ1n) is 5.20. The van der Waals surface area contributed by atoms with Gasteiger partial charge in [0.2, 0.25) is 0 Å². The molecule has 94 valence electrons. The number of aromatic nitrogens is 1. The summed E-state index contributed by atoms with van der Waals surface area (Å²) in [5.41, 5.74) is 0.336. The number of carbonyl (C=O) groups excluding carboxylic acids is 1. The maximum Gasteiger partial charge on any atom is 0.255 e. The van der Waals surface area contributed by atoms with Crippen LogP contribution in [0.3, 0.4) is 0 Å². The number of aromatic hydroxyl groups is 1. The minimum atomic E-state index is -0.231. The maximum absolute atomic E-state index is 12.0. The van der Waals surface area contributed by atoms with Crippen molar-refractivity contribution in [2.75, 3.05) is 7.05 Å². The van der Waals surface area contributed by atoms with E-state index in [0.717, 1.165) is 0 Å². The van der Waals surface area contributed by atoms with Gasteiger partial charge in [-0.05, 0) is 34.1 Å². The van der Waals surface area contributed by atoms with Gasteiger partial charge in [-0.1, -0.05) is 0 Å². The average Bonchev–Trinajstić information content (AvgIpc) is 2.73. The molecule has 0 aliphatic heterocycles. The van der Waals surface area contributed by atoms with Crippen LogP contribution in [-0.4, -0.2) is 27.9 Å². The number of furan rings is 1. The molecule has 0 saturated heterocycles. The summed E-state index contributed by atoms with van der Waals surface area (Å²) in [7, 11) is 1.66. The predicted octanol–water partition coefficient (Wildman–Crippen LogP) is 2.41. The summed E-state index contributed by atoms with van der Waals surface area (Å²) in [4.78, 5) is 17.3. The lowest BCUT2D eigenvalue weighted by atomic mass is 10.2. The quantitative estimate of drug-likeness (QED) is 0.945. The Morgan fingerprint density at radius 1 is 1.50 bits per heavy atom. The smallest absolute Gasteiger partial charge is 0.255 e. The van der Waals surface area contributed by atoms with Gasteiger partial charge in [0.1, 0.15) is 11.5 Å².